The molecule has 16 heavy (non-hydrogen) atoms. The zero-order chi connectivity index (χ0) is 11.5. The van der Waals surface area contributed by atoms with Crippen LogP contribution in [0.25, 0.3) is 0 Å². The average Bonchev–Trinajstić information content (AvgIpc) is 2.64. The molecule has 0 saturated carbocycles. The van der Waals surface area contributed by atoms with Crippen LogP contribution in [0.2, 0.25) is 0 Å². The molecule has 0 saturated heterocycles. The minimum absolute atomic E-state index is 0.546. The third-order valence-corrected chi connectivity index (χ3v) is 2.47. The minimum atomic E-state index is -0.566. The van der Waals surface area contributed by atoms with Crippen molar-refractivity contribution in [1.82, 2.24) is 14.8 Å². The summed E-state index contributed by atoms with van der Waals surface area (Å²) in [6, 6.07) is 3.82. The van der Waals surface area contributed by atoms with E-state index in [-0.39, 0.29) is 0 Å². The fourth-order valence-electron chi connectivity index (χ4n) is 1.65. The Morgan fingerprint density at radius 1 is 1.50 bits per heavy atom. The molecule has 0 radical (unpaired) electrons. The molecule has 2 aromatic rings. The third-order valence-electron chi connectivity index (χ3n) is 2.47. The molecule has 0 aliphatic heterocycles. The minimum Gasteiger partial charge on any atom is -0.386 e. The Hall–Kier alpha value is -1.68. The highest BCUT2D eigenvalue weighted by atomic mass is 16.3. The van der Waals surface area contributed by atoms with Crippen molar-refractivity contribution in [3.05, 3.63) is 47.5 Å². The molecule has 1 unspecified atom stereocenters. The Labute approximate surface area is 94.6 Å². The highest BCUT2D eigenvalue weighted by molar-refractivity contribution is 5.18. The SMILES string of the molecule is Cc1ccnc(C(O)Cc2cnn(C)c2)c1. The van der Waals surface area contributed by atoms with Crippen molar-refractivity contribution in [2.75, 3.05) is 0 Å². The van der Waals surface area contributed by atoms with Gasteiger partial charge in [-0.1, -0.05) is 0 Å². The molecule has 0 bridgehead atoms. The van der Waals surface area contributed by atoms with E-state index in [1.807, 2.05) is 32.3 Å². The lowest BCUT2D eigenvalue weighted by molar-refractivity contribution is 0.173. The standard InChI is InChI=1S/C12H15N3O/c1-9-3-4-13-11(5-9)12(16)6-10-7-14-15(2)8-10/h3-5,7-8,12,16H,6H2,1-2H3. The van der Waals surface area contributed by atoms with E-state index in [2.05, 4.69) is 10.1 Å². The van der Waals surface area contributed by atoms with Crippen LogP contribution in [0.15, 0.2) is 30.7 Å². The molecule has 0 aliphatic carbocycles. The molecular formula is C12H15N3O. The second kappa shape index (κ2) is 4.45. The summed E-state index contributed by atoms with van der Waals surface area (Å²) >= 11 is 0. The fraction of sp³-hybridized carbons (Fsp3) is 0.333. The van der Waals surface area contributed by atoms with Gasteiger partial charge < -0.3 is 5.11 Å². The summed E-state index contributed by atoms with van der Waals surface area (Å²) in [6.07, 6.45) is 5.36. The van der Waals surface area contributed by atoms with E-state index in [0.717, 1.165) is 11.1 Å². The van der Waals surface area contributed by atoms with Gasteiger partial charge in [-0.3, -0.25) is 9.67 Å². The third kappa shape index (κ3) is 2.46. The summed E-state index contributed by atoms with van der Waals surface area (Å²) in [6.45, 7) is 1.99. The highest BCUT2D eigenvalue weighted by Gasteiger charge is 2.10. The normalized spacial score (nSPS) is 12.7. The number of aryl methyl sites for hydroxylation is 2. The second-order valence-corrected chi connectivity index (χ2v) is 4.00. The van der Waals surface area contributed by atoms with Crippen LogP contribution in [-0.4, -0.2) is 19.9 Å². The van der Waals surface area contributed by atoms with Crippen LogP contribution < -0.4 is 0 Å². The first-order chi connectivity index (χ1) is 7.65. The van der Waals surface area contributed by atoms with Crippen LogP contribution in [0.1, 0.15) is 22.9 Å². The van der Waals surface area contributed by atoms with Gasteiger partial charge >= 0.3 is 0 Å². The molecule has 1 N–H and O–H groups in total. The van der Waals surface area contributed by atoms with E-state index in [9.17, 15) is 5.11 Å². The van der Waals surface area contributed by atoms with Crippen molar-refractivity contribution < 1.29 is 5.11 Å². The Morgan fingerprint density at radius 2 is 2.31 bits per heavy atom. The first-order valence-corrected chi connectivity index (χ1v) is 5.23. The number of hydrogen-bond acceptors (Lipinski definition) is 3. The van der Waals surface area contributed by atoms with Crippen LogP contribution in [0.5, 0.6) is 0 Å². The smallest absolute Gasteiger partial charge is 0.100 e. The molecular weight excluding hydrogens is 202 g/mol. The predicted molar refractivity (Wildman–Crippen MR) is 60.8 cm³/mol. The number of aromatic nitrogens is 3. The lowest BCUT2D eigenvalue weighted by Crippen LogP contribution is -2.03. The Balaban J connectivity index is 2.11. The van der Waals surface area contributed by atoms with Crippen LogP contribution in [-0.2, 0) is 13.5 Å². The Morgan fingerprint density at radius 3 is 2.94 bits per heavy atom. The van der Waals surface area contributed by atoms with Crippen molar-refractivity contribution in [3.63, 3.8) is 0 Å². The molecule has 0 fully saturated rings. The topological polar surface area (TPSA) is 50.9 Å². The van der Waals surface area contributed by atoms with Crippen molar-refractivity contribution in [2.45, 2.75) is 19.4 Å². The van der Waals surface area contributed by atoms with Crippen molar-refractivity contribution in [2.24, 2.45) is 7.05 Å². The van der Waals surface area contributed by atoms with E-state index >= 15 is 0 Å². The van der Waals surface area contributed by atoms with E-state index in [1.165, 1.54) is 0 Å². The fourth-order valence-corrected chi connectivity index (χ4v) is 1.65. The number of pyridine rings is 1. The summed E-state index contributed by atoms with van der Waals surface area (Å²) in [5, 5.41) is 14.1. The molecule has 1 atom stereocenters. The van der Waals surface area contributed by atoms with Gasteiger partial charge in [0.25, 0.3) is 0 Å². The number of aliphatic hydroxyl groups is 1. The summed E-state index contributed by atoms with van der Waals surface area (Å²) in [5.41, 5.74) is 2.83. The summed E-state index contributed by atoms with van der Waals surface area (Å²) in [4.78, 5) is 4.17. The monoisotopic (exact) mass is 217 g/mol. The molecule has 4 heteroatoms. The lowest BCUT2D eigenvalue weighted by atomic mass is 10.1. The number of nitrogens with zero attached hydrogens (tertiary/aromatic N) is 3. The van der Waals surface area contributed by atoms with Crippen molar-refractivity contribution in [3.8, 4) is 0 Å². The molecule has 4 nitrogen and oxygen atoms in total. The van der Waals surface area contributed by atoms with E-state index in [4.69, 9.17) is 0 Å². The van der Waals surface area contributed by atoms with Gasteiger partial charge in [0.15, 0.2) is 0 Å². The predicted octanol–water partition coefficient (Wildman–Crippen LogP) is 1.40. The quantitative estimate of drug-likeness (QED) is 0.845. The van der Waals surface area contributed by atoms with Gasteiger partial charge in [0.05, 0.1) is 11.9 Å². The van der Waals surface area contributed by atoms with Gasteiger partial charge in [-0.15, -0.1) is 0 Å². The largest absolute Gasteiger partial charge is 0.386 e. The van der Waals surface area contributed by atoms with Crippen LogP contribution in [0.4, 0.5) is 0 Å². The first kappa shape index (κ1) is 10.8. The van der Waals surface area contributed by atoms with Gasteiger partial charge in [0.2, 0.25) is 0 Å². The van der Waals surface area contributed by atoms with Gasteiger partial charge in [0.1, 0.15) is 6.10 Å². The summed E-state index contributed by atoms with van der Waals surface area (Å²) in [7, 11) is 1.86. The van der Waals surface area contributed by atoms with Gasteiger partial charge in [-0.05, 0) is 30.2 Å². The average molecular weight is 217 g/mol. The van der Waals surface area contributed by atoms with Crippen molar-refractivity contribution in [1.29, 1.82) is 0 Å². The molecule has 0 spiro atoms. The second-order valence-electron chi connectivity index (χ2n) is 4.00. The maximum absolute atomic E-state index is 10.0. The molecule has 2 heterocycles. The van der Waals surface area contributed by atoms with E-state index in [0.29, 0.717) is 12.1 Å². The molecule has 2 aromatic heterocycles. The molecule has 0 aromatic carbocycles. The molecule has 0 amide bonds. The zero-order valence-electron chi connectivity index (χ0n) is 9.46. The van der Waals surface area contributed by atoms with Crippen molar-refractivity contribution >= 4 is 0 Å². The molecule has 0 aliphatic rings. The van der Waals surface area contributed by atoms with E-state index < -0.39 is 6.10 Å². The van der Waals surface area contributed by atoms with Gasteiger partial charge in [-0.25, -0.2) is 0 Å². The molecule has 2 rings (SSSR count). The summed E-state index contributed by atoms with van der Waals surface area (Å²) < 4.78 is 1.73. The first-order valence-electron chi connectivity index (χ1n) is 5.23. The number of aliphatic hydroxyl groups excluding tert-OH is 1. The van der Waals surface area contributed by atoms with Gasteiger partial charge in [-0.2, -0.15) is 5.10 Å². The highest BCUT2D eigenvalue weighted by Crippen LogP contribution is 2.16. The van der Waals surface area contributed by atoms with Crippen LogP contribution >= 0.6 is 0 Å². The Kier molecular flexibility index (Phi) is 3.01. The lowest BCUT2D eigenvalue weighted by Gasteiger charge is -2.08. The van der Waals surface area contributed by atoms with Crippen LogP contribution in [0, 0.1) is 6.92 Å². The number of rotatable bonds is 3. The zero-order valence-corrected chi connectivity index (χ0v) is 9.46. The van der Waals surface area contributed by atoms with Gasteiger partial charge in [0, 0.05) is 25.9 Å². The number of hydrogen-bond donors (Lipinski definition) is 1. The maximum atomic E-state index is 10.0. The maximum Gasteiger partial charge on any atom is 0.100 e. The van der Waals surface area contributed by atoms with E-state index in [1.54, 1.807) is 17.1 Å². The van der Waals surface area contributed by atoms with Crippen LogP contribution in [0.3, 0.4) is 0 Å². The Bertz CT molecular complexity index is 479. The molecule has 84 valence electrons. The summed E-state index contributed by atoms with van der Waals surface area (Å²) in [5.74, 6) is 0.